The zero-order chi connectivity index (χ0) is 11.1. The van der Waals surface area contributed by atoms with Crippen molar-refractivity contribution in [1.29, 1.82) is 0 Å². The van der Waals surface area contributed by atoms with Crippen molar-refractivity contribution < 1.29 is 0 Å². The van der Waals surface area contributed by atoms with Gasteiger partial charge in [-0.25, -0.2) is 0 Å². The first kappa shape index (κ1) is 13.2. The Labute approximate surface area is 107 Å². The number of halogens is 2. The predicted octanol–water partition coefficient (Wildman–Crippen LogP) is 5.03. The van der Waals surface area contributed by atoms with E-state index in [9.17, 15) is 0 Å². The third kappa shape index (κ3) is 5.14. The van der Waals surface area contributed by atoms with E-state index in [-0.39, 0.29) is 0 Å². The number of thiol groups is 1. The van der Waals surface area contributed by atoms with Crippen molar-refractivity contribution in [3.63, 3.8) is 0 Å². The van der Waals surface area contributed by atoms with Crippen LogP contribution in [-0.2, 0) is 6.42 Å². The van der Waals surface area contributed by atoms with Gasteiger partial charge in [0.1, 0.15) is 0 Å². The van der Waals surface area contributed by atoms with Crippen LogP contribution in [0.1, 0.15) is 31.2 Å². The van der Waals surface area contributed by atoms with E-state index in [0.29, 0.717) is 10.0 Å². The van der Waals surface area contributed by atoms with Gasteiger partial charge in [0, 0.05) is 0 Å². The maximum absolute atomic E-state index is 5.93. The number of hydrogen-bond donors (Lipinski definition) is 1. The molecule has 3 heteroatoms. The van der Waals surface area contributed by atoms with E-state index in [1.165, 1.54) is 31.2 Å². The second-order valence-electron chi connectivity index (χ2n) is 3.64. The van der Waals surface area contributed by atoms with Gasteiger partial charge in [0.2, 0.25) is 0 Å². The number of hydrogen-bond acceptors (Lipinski definition) is 1. The Kier molecular flexibility index (Phi) is 6.54. The van der Waals surface area contributed by atoms with Crippen LogP contribution in [-0.4, -0.2) is 5.75 Å². The molecule has 1 rings (SSSR count). The van der Waals surface area contributed by atoms with E-state index >= 15 is 0 Å². The maximum Gasteiger partial charge on any atom is 0.0595 e. The largest absolute Gasteiger partial charge is 0.179 e. The van der Waals surface area contributed by atoms with Gasteiger partial charge in [-0.05, 0) is 42.7 Å². The fourth-order valence-corrected chi connectivity index (χ4v) is 2.03. The van der Waals surface area contributed by atoms with Crippen LogP contribution in [0.2, 0.25) is 10.0 Å². The summed E-state index contributed by atoms with van der Waals surface area (Å²) >= 11 is 16.0. The number of unbranched alkanes of at least 4 members (excludes halogenated alkanes) is 3. The number of aryl methyl sites for hydroxylation is 1. The smallest absolute Gasteiger partial charge is 0.0595 e. The molecule has 0 N–H and O–H groups in total. The monoisotopic (exact) mass is 262 g/mol. The third-order valence-electron chi connectivity index (χ3n) is 2.36. The summed E-state index contributed by atoms with van der Waals surface area (Å²) in [6, 6.07) is 5.88. The minimum atomic E-state index is 0.635. The topological polar surface area (TPSA) is 0 Å². The van der Waals surface area contributed by atoms with E-state index in [1.54, 1.807) is 0 Å². The van der Waals surface area contributed by atoms with Crippen LogP contribution in [0.3, 0.4) is 0 Å². The van der Waals surface area contributed by atoms with Crippen molar-refractivity contribution in [3.8, 4) is 0 Å². The molecule has 0 heterocycles. The lowest BCUT2D eigenvalue weighted by Crippen LogP contribution is -1.86. The van der Waals surface area contributed by atoms with Gasteiger partial charge in [0.15, 0.2) is 0 Å². The highest BCUT2D eigenvalue weighted by Gasteiger charge is 1.99. The SMILES string of the molecule is SCCCCCCc1ccc(Cl)c(Cl)c1. The van der Waals surface area contributed by atoms with Crippen LogP contribution in [0.5, 0.6) is 0 Å². The van der Waals surface area contributed by atoms with Crippen molar-refractivity contribution in [2.75, 3.05) is 5.75 Å². The van der Waals surface area contributed by atoms with E-state index < -0.39 is 0 Å². The Hall–Kier alpha value is 0.150. The van der Waals surface area contributed by atoms with Gasteiger partial charge in [0.25, 0.3) is 0 Å². The maximum atomic E-state index is 5.93. The van der Waals surface area contributed by atoms with Gasteiger partial charge in [0.05, 0.1) is 10.0 Å². The molecule has 1 aromatic rings. The molecule has 15 heavy (non-hydrogen) atoms. The van der Waals surface area contributed by atoms with Crippen molar-refractivity contribution in [1.82, 2.24) is 0 Å². The summed E-state index contributed by atoms with van der Waals surface area (Å²) in [5, 5.41) is 1.29. The van der Waals surface area contributed by atoms with Crippen molar-refractivity contribution in [2.24, 2.45) is 0 Å². The second-order valence-corrected chi connectivity index (χ2v) is 4.90. The van der Waals surface area contributed by atoms with Crippen LogP contribution >= 0.6 is 35.8 Å². The minimum Gasteiger partial charge on any atom is -0.179 e. The predicted molar refractivity (Wildman–Crippen MR) is 72.5 cm³/mol. The average molecular weight is 263 g/mol. The first-order valence-electron chi connectivity index (χ1n) is 5.29. The molecule has 0 atom stereocenters. The fraction of sp³-hybridized carbons (Fsp3) is 0.500. The Balaban J connectivity index is 2.28. The summed E-state index contributed by atoms with van der Waals surface area (Å²) in [4.78, 5) is 0. The molecule has 0 radical (unpaired) electrons. The molecule has 0 aliphatic heterocycles. The first-order valence-corrected chi connectivity index (χ1v) is 6.67. The van der Waals surface area contributed by atoms with Gasteiger partial charge in [-0.15, -0.1) is 0 Å². The van der Waals surface area contributed by atoms with Gasteiger partial charge in [-0.1, -0.05) is 42.1 Å². The molecule has 0 bridgehead atoms. The number of benzene rings is 1. The van der Waals surface area contributed by atoms with Gasteiger partial charge < -0.3 is 0 Å². The summed E-state index contributed by atoms with van der Waals surface area (Å²) < 4.78 is 0. The van der Waals surface area contributed by atoms with E-state index in [1.807, 2.05) is 18.2 Å². The molecule has 0 nitrogen and oxygen atoms in total. The normalized spacial score (nSPS) is 10.6. The second kappa shape index (κ2) is 7.43. The average Bonchev–Trinajstić information content (AvgIpc) is 2.23. The highest BCUT2D eigenvalue weighted by molar-refractivity contribution is 7.80. The molecule has 0 aliphatic carbocycles. The molecule has 0 unspecified atom stereocenters. The summed E-state index contributed by atoms with van der Waals surface area (Å²) in [6.45, 7) is 0. The molecule has 0 saturated heterocycles. The Morgan fingerprint density at radius 3 is 2.33 bits per heavy atom. The zero-order valence-corrected chi connectivity index (χ0v) is 11.1. The van der Waals surface area contributed by atoms with E-state index in [0.717, 1.165) is 12.2 Å². The summed E-state index contributed by atoms with van der Waals surface area (Å²) in [5.74, 6) is 0.993. The standard InChI is InChI=1S/C12H16Cl2S/c13-11-7-6-10(9-12(11)14)5-3-1-2-4-8-15/h6-7,9,15H,1-5,8H2. The Bertz CT molecular complexity index is 300. The van der Waals surface area contributed by atoms with Gasteiger partial charge in [-0.2, -0.15) is 12.6 Å². The van der Waals surface area contributed by atoms with Crippen molar-refractivity contribution in [3.05, 3.63) is 33.8 Å². The quantitative estimate of drug-likeness (QED) is 0.540. The highest BCUT2D eigenvalue weighted by atomic mass is 35.5. The lowest BCUT2D eigenvalue weighted by molar-refractivity contribution is 0.671. The van der Waals surface area contributed by atoms with Crippen molar-refractivity contribution >= 4 is 35.8 Å². The molecule has 0 spiro atoms. The van der Waals surface area contributed by atoms with E-state index in [4.69, 9.17) is 23.2 Å². The molecule has 1 aromatic carbocycles. The number of rotatable bonds is 6. The van der Waals surface area contributed by atoms with Crippen molar-refractivity contribution in [2.45, 2.75) is 32.1 Å². The molecular formula is C12H16Cl2S. The molecule has 84 valence electrons. The molecule has 0 aromatic heterocycles. The highest BCUT2D eigenvalue weighted by Crippen LogP contribution is 2.23. The molecule has 0 fully saturated rings. The third-order valence-corrected chi connectivity index (χ3v) is 3.41. The van der Waals surface area contributed by atoms with Gasteiger partial charge >= 0.3 is 0 Å². The first-order chi connectivity index (χ1) is 7.24. The Morgan fingerprint density at radius 2 is 1.67 bits per heavy atom. The molecule has 0 saturated carbocycles. The summed E-state index contributed by atoms with van der Waals surface area (Å²) in [7, 11) is 0. The van der Waals surface area contributed by atoms with E-state index in [2.05, 4.69) is 12.6 Å². The van der Waals surface area contributed by atoms with Crippen LogP contribution in [0.4, 0.5) is 0 Å². The lowest BCUT2D eigenvalue weighted by atomic mass is 10.1. The zero-order valence-electron chi connectivity index (χ0n) is 8.68. The molecular weight excluding hydrogens is 247 g/mol. The minimum absolute atomic E-state index is 0.635. The van der Waals surface area contributed by atoms with Crippen LogP contribution in [0, 0.1) is 0 Å². The van der Waals surface area contributed by atoms with Crippen LogP contribution < -0.4 is 0 Å². The Morgan fingerprint density at radius 1 is 0.933 bits per heavy atom. The summed E-state index contributed by atoms with van der Waals surface area (Å²) in [6.07, 6.45) is 6.05. The van der Waals surface area contributed by atoms with Crippen LogP contribution in [0.15, 0.2) is 18.2 Å². The summed E-state index contributed by atoms with van der Waals surface area (Å²) in [5.41, 5.74) is 1.27. The van der Waals surface area contributed by atoms with Crippen LogP contribution in [0.25, 0.3) is 0 Å². The lowest BCUT2D eigenvalue weighted by Gasteiger charge is -2.03. The fourth-order valence-electron chi connectivity index (χ4n) is 1.49. The molecule has 0 aliphatic rings. The molecule has 0 amide bonds. The van der Waals surface area contributed by atoms with Gasteiger partial charge in [-0.3, -0.25) is 0 Å².